The Hall–Kier alpha value is -0.890. The highest BCUT2D eigenvalue weighted by molar-refractivity contribution is 8.09. The first-order valence-corrected chi connectivity index (χ1v) is 18.1. The molecule has 0 aliphatic heterocycles. The van der Waals surface area contributed by atoms with Crippen LogP contribution in [-0.4, -0.2) is 62.9 Å². The molecule has 0 bridgehead atoms. The van der Waals surface area contributed by atoms with Crippen LogP contribution >= 0.6 is 0 Å². The topological polar surface area (TPSA) is 92.1 Å². The zero-order chi connectivity index (χ0) is 31.6. The molecule has 0 amide bonds. The van der Waals surface area contributed by atoms with Crippen molar-refractivity contribution in [1.82, 2.24) is 0 Å². The van der Waals surface area contributed by atoms with E-state index in [4.69, 9.17) is 5.41 Å². The van der Waals surface area contributed by atoms with Gasteiger partial charge in [0.05, 0.1) is 19.6 Å². The van der Waals surface area contributed by atoms with Gasteiger partial charge in [0.1, 0.15) is 0 Å². The van der Waals surface area contributed by atoms with Crippen molar-refractivity contribution in [2.75, 3.05) is 19.6 Å². The Bertz CT molecular complexity index is 863. The van der Waals surface area contributed by atoms with E-state index in [-0.39, 0.29) is 6.42 Å². The molecule has 0 unspecified atom stereocenters. The Morgan fingerprint density at radius 1 is 0.561 bits per heavy atom. The molecule has 0 rings (SSSR count). The maximum atomic E-state index is 12.9. The molecule has 0 aromatic carbocycles. The molecular weight excluding hydrogens is 594 g/mol. The van der Waals surface area contributed by atoms with Crippen LogP contribution in [0.2, 0.25) is 0 Å². The van der Waals surface area contributed by atoms with E-state index in [1.165, 1.54) is 32.0 Å². The van der Waals surface area contributed by atoms with Crippen LogP contribution in [0.3, 0.4) is 0 Å². The minimum atomic E-state index is -6.57. The lowest BCUT2D eigenvalue weighted by Gasteiger charge is -2.34. The van der Waals surface area contributed by atoms with Crippen molar-refractivity contribution in [2.24, 2.45) is 0 Å². The Kier molecular flexibility index (Phi) is 19.0. The Morgan fingerprint density at radius 2 is 0.854 bits per heavy atom. The summed E-state index contributed by atoms with van der Waals surface area (Å²) in [5.74, 6) is 0. The van der Waals surface area contributed by atoms with E-state index in [1.807, 2.05) is 0 Å². The number of hydrogen-bond acceptors (Lipinski definition) is 5. The lowest BCUT2D eigenvalue weighted by atomic mass is 10.1. The maximum Gasteiger partial charge on any atom is 0.498 e. The third kappa shape index (κ3) is 14.4. The number of halogens is 6. The van der Waals surface area contributed by atoms with Crippen LogP contribution in [0, 0.1) is 5.41 Å². The van der Waals surface area contributed by atoms with Crippen molar-refractivity contribution >= 4 is 26.0 Å². The molecule has 0 atom stereocenters. The fraction of sp³-hybridized carbons (Fsp3) is 0.963. The van der Waals surface area contributed by atoms with Gasteiger partial charge in [0.2, 0.25) is 0 Å². The summed E-state index contributed by atoms with van der Waals surface area (Å²) in [6.45, 7) is 6.70. The van der Waals surface area contributed by atoms with Crippen molar-refractivity contribution in [1.29, 1.82) is 5.41 Å². The van der Waals surface area contributed by atoms with Crippen molar-refractivity contribution in [2.45, 2.75) is 145 Å². The number of hydrogen-bond donors (Lipinski definition) is 1. The largest absolute Gasteiger partial charge is 0.498 e. The van der Waals surface area contributed by atoms with Crippen LogP contribution < -0.4 is 0 Å². The van der Waals surface area contributed by atoms with Crippen LogP contribution in [0.5, 0.6) is 0 Å². The van der Waals surface area contributed by atoms with Crippen LogP contribution in [-0.2, 0) is 19.7 Å². The Morgan fingerprint density at radius 3 is 1.15 bits per heavy atom. The minimum Gasteiger partial charge on any atom is -0.282 e. The van der Waals surface area contributed by atoms with Crippen LogP contribution in [0.15, 0.2) is 0 Å². The quantitative estimate of drug-likeness (QED) is 0.0354. The fourth-order valence-corrected chi connectivity index (χ4v) is 8.53. The molecule has 41 heavy (non-hydrogen) atoms. The molecule has 246 valence electrons. The minimum absolute atomic E-state index is 0.0939. The predicted molar refractivity (Wildman–Crippen MR) is 152 cm³/mol. The zero-order valence-corrected chi connectivity index (χ0v) is 26.3. The van der Waals surface area contributed by atoms with Crippen molar-refractivity contribution in [3.8, 4) is 0 Å². The van der Waals surface area contributed by atoms with E-state index in [2.05, 4.69) is 13.8 Å². The highest BCUT2D eigenvalue weighted by Gasteiger charge is 2.62. The molecule has 1 N–H and O–H groups in total. The molecule has 0 aliphatic carbocycles. The van der Waals surface area contributed by atoms with E-state index in [1.54, 1.807) is 0 Å². The summed E-state index contributed by atoms with van der Waals surface area (Å²) in [5, 5.41) is 8.16. The first-order chi connectivity index (χ1) is 19.0. The van der Waals surface area contributed by atoms with Gasteiger partial charge in [-0.3, -0.25) is 9.89 Å². The summed E-state index contributed by atoms with van der Waals surface area (Å²) in [5.41, 5.74) is -12.2. The number of alkyl halides is 6. The third-order valence-corrected chi connectivity index (χ3v) is 12.2. The van der Waals surface area contributed by atoms with Gasteiger partial charge in [-0.1, -0.05) is 84.5 Å². The number of quaternary nitrogens is 1. The normalized spacial score (nSPS) is 13.7. The highest BCUT2D eigenvalue weighted by Crippen LogP contribution is 2.38. The van der Waals surface area contributed by atoms with Crippen molar-refractivity contribution in [3.05, 3.63) is 0 Å². The van der Waals surface area contributed by atoms with E-state index in [0.29, 0.717) is 30.3 Å². The smallest absolute Gasteiger partial charge is 0.282 e. The average Bonchev–Trinajstić information content (AvgIpc) is 2.87. The van der Waals surface area contributed by atoms with Gasteiger partial charge in [0, 0.05) is 0 Å². The summed E-state index contributed by atoms with van der Waals surface area (Å²) < 4.78 is 121. The molecule has 0 aromatic rings. The number of unbranched alkanes of at least 4 members (excludes halogenated alkanes) is 14. The fourth-order valence-electron chi connectivity index (χ4n) is 4.99. The molecule has 6 nitrogen and oxygen atoms in total. The summed E-state index contributed by atoms with van der Waals surface area (Å²) in [7, 11) is -13.1. The van der Waals surface area contributed by atoms with Gasteiger partial charge in [0.25, 0.3) is 19.7 Å². The molecule has 14 heteroatoms. The summed E-state index contributed by atoms with van der Waals surface area (Å²) in [4.78, 5) is 0. The second-order valence-electron chi connectivity index (χ2n) is 11.0. The predicted octanol–water partition coefficient (Wildman–Crippen LogP) is 8.67. The molecule has 0 aliphatic rings. The Balaban J connectivity index is 5.00. The number of sulfone groups is 2. The number of nitrogens with one attached hydrogen (secondary N) is 1. The standard InChI is InChI=1S/C27H51F6N2O4S2/c1-3-5-7-9-13-17-21-35(24-34,22-18-14-10-8-6-4-2)23-19-15-11-12-16-20-25(40(36,37)26(28,29)30)41(38,39)27(31,32)33/h24-25,34H,3-23H2,1-2H3/q+1. The monoisotopic (exact) mass is 645 g/mol. The summed E-state index contributed by atoms with van der Waals surface area (Å²) in [6, 6.07) is 0. The first-order valence-electron chi connectivity index (χ1n) is 15.0. The second kappa shape index (κ2) is 19.4. The van der Waals surface area contributed by atoms with Gasteiger partial charge in [-0.15, -0.1) is 0 Å². The number of nitrogens with zero attached hydrogens (tertiary/aromatic N) is 1. The van der Waals surface area contributed by atoms with Gasteiger partial charge < -0.3 is 0 Å². The summed E-state index contributed by atoms with van der Waals surface area (Å²) >= 11 is 0. The van der Waals surface area contributed by atoms with Crippen LogP contribution in [0.25, 0.3) is 0 Å². The van der Waals surface area contributed by atoms with Crippen molar-refractivity contribution < 1.29 is 47.7 Å². The average molecular weight is 646 g/mol. The molecule has 0 heterocycles. The lowest BCUT2D eigenvalue weighted by Crippen LogP contribution is -2.48. The van der Waals surface area contributed by atoms with Crippen LogP contribution in [0.1, 0.15) is 129 Å². The van der Waals surface area contributed by atoms with Gasteiger partial charge in [-0.25, -0.2) is 16.8 Å². The zero-order valence-electron chi connectivity index (χ0n) is 24.7. The van der Waals surface area contributed by atoms with E-state index in [0.717, 1.165) is 64.5 Å². The van der Waals surface area contributed by atoms with Gasteiger partial charge >= 0.3 is 11.0 Å². The van der Waals surface area contributed by atoms with Gasteiger partial charge in [0.15, 0.2) is 10.9 Å². The molecular formula is C27H51F6N2O4S2+. The van der Waals surface area contributed by atoms with E-state index in [9.17, 15) is 43.2 Å². The van der Waals surface area contributed by atoms with E-state index >= 15 is 0 Å². The Labute approximate surface area is 243 Å². The molecule has 0 saturated heterocycles. The molecule has 0 fully saturated rings. The van der Waals surface area contributed by atoms with Gasteiger partial charge in [-0.05, 0) is 44.9 Å². The highest BCUT2D eigenvalue weighted by atomic mass is 32.3. The molecule has 0 aromatic heterocycles. The second-order valence-corrected chi connectivity index (χ2v) is 15.6. The lowest BCUT2D eigenvalue weighted by molar-refractivity contribution is -0.837. The molecule has 0 saturated carbocycles. The maximum absolute atomic E-state index is 12.9. The first kappa shape index (κ1) is 40.1. The van der Waals surface area contributed by atoms with Gasteiger partial charge in [-0.2, -0.15) is 26.3 Å². The third-order valence-electron chi connectivity index (χ3n) is 7.57. The van der Waals surface area contributed by atoms with E-state index < -0.39 is 48.1 Å². The molecule has 0 radical (unpaired) electrons. The van der Waals surface area contributed by atoms with Crippen molar-refractivity contribution in [3.63, 3.8) is 0 Å². The van der Waals surface area contributed by atoms with Crippen LogP contribution in [0.4, 0.5) is 26.3 Å². The summed E-state index contributed by atoms with van der Waals surface area (Å²) in [6.07, 6.45) is 15.2. The SMILES string of the molecule is CCCCCCCC[N+](C=N)(CCCCCCCC)CCCCCCCC(S(=O)(=O)C(F)(F)F)S(=O)(=O)C(F)(F)F. The number of rotatable bonds is 25. The molecule has 0 spiro atoms.